The Balaban J connectivity index is 3.04. The van der Waals surface area contributed by atoms with Gasteiger partial charge in [-0.15, -0.1) is 0 Å². The van der Waals surface area contributed by atoms with E-state index in [4.69, 9.17) is 0 Å². The summed E-state index contributed by atoms with van der Waals surface area (Å²) in [5.41, 5.74) is 0. The molecule has 19 heavy (non-hydrogen) atoms. The molecule has 0 aliphatic carbocycles. The summed E-state index contributed by atoms with van der Waals surface area (Å²) in [4.78, 5) is 10.2. The average molecular weight is 270 g/mol. The second kappa shape index (κ2) is 14.0. The molecule has 1 atom stereocenters. The summed E-state index contributed by atoms with van der Waals surface area (Å²) in [6, 6.07) is 0. The highest BCUT2D eigenvalue weighted by atomic mass is 16.3. The topological polar surface area (TPSA) is 37.3 Å². The predicted octanol–water partition coefficient (Wildman–Crippen LogP) is 4.88. The summed E-state index contributed by atoms with van der Waals surface area (Å²) in [6.45, 7) is 4.60. The first-order valence-corrected chi connectivity index (χ1v) is 8.28. The third-order valence-electron chi connectivity index (χ3n) is 3.69. The summed E-state index contributed by atoms with van der Waals surface area (Å²) in [5, 5.41) is 9.38. The number of hydrogen-bond acceptors (Lipinski definition) is 2. The number of carbonyl (C=O) groups excluding carboxylic acids is 1. The monoisotopic (exact) mass is 270 g/mol. The molecule has 0 amide bonds. The number of aldehydes is 1. The van der Waals surface area contributed by atoms with Crippen LogP contribution in [-0.4, -0.2) is 17.5 Å². The van der Waals surface area contributed by atoms with Crippen molar-refractivity contribution in [3.63, 3.8) is 0 Å². The van der Waals surface area contributed by atoms with E-state index < -0.39 is 6.10 Å². The van der Waals surface area contributed by atoms with Gasteiger partial charge in [0.05, 0.1) is 6.10 Å². The van der Waals surface area contributed by atoms with Crippen molar-refractivity contribution in [3.8, 4) is 0 Å². The average Bonchev–Trinajstić information content (AvgIpc) is 2.36. The van der Waals surface area contributed by atoms with Gasteiger partial charge in [-0.3, -0.25) is 0 Å². The minimum absolute atomic E-state index is 0.302. The molecular formula is C17H34O2. The van der Waals surface area contributed by atoms with Crippen molar-refractivity contribution < 1.29 is 9.90 Å². The van der Waals surface area contributed by atoms with Crippen LogP contribution in [0.5, 0.6) is 0 Å². The van der Waals surface area contributed by atoms with Crippen LogP contribution >= 0.6 is 0 Å². The lowest BCUT2D eigenvalue weighted by molar-refractivity contribution is -0.109. The Labute approximate surface area is 120 Å². The van der Waals surface area contributed by atoms with E-state index in [-0.39, 0.29) is 0 Å². The minimum Gasteiger partial charge on any atom is -0.393 e. The Morgan fingerprint density at radius 1 is 0.789 bits per heavy atom. The van der Waals surface area contributed by atoms with E-state index in [1.54, 1.807) is 0 Å². The molecule has 0 fully saturated rings. The van der Waals surface area contributed by atoms with Gasteiger partial charge in [-0.25, -0.2) is 0 Å². The van der Waals surface area contributed by atoms with E-state index in [2.05, 4.69) is 13.8 Å². The van der Waals surface area contributed by atoms with Gasteiger partial charge in [0.25, 0.3) is 0 Å². The van der Waals surface area contributed by atoms with Gasteiger partial charge in [0, 0.05) is 6.42 Å². The molecule has 114 valence electrons. The van der Waals surface area contributed by atoms with Crippen molar-refractivity contribution in [1.82, 2.24) is 0 Å². The van der Waals surface area contributed by atoms with E-state index >= 15 is 0 Å². The van der Waals surface area contributed by atoms with Gasteiger partial charge < -0.3 is 9.90 Å². The van der Waals surface area contributed by atoms with Gasteiger partial charge in [0.2, 0.25) is 0 Å². The van der Waals surface area contributed by atoms with Crippen LogP contribution < -0.4 is 0 Å². The Morgan fingerprint density at radius 3 is 1.63 bits per heavy atom. The van der Waals surface area contributed by atoms with Crippen LogP contribution in [0.4, 0.5) is 0 Å². The number of aliphatic hydroxyl groups excluding tert-OH is 1. The van der Waals surface area contributed by atoms with E-state index in [1.165, 1.54) is 57.8 Å². The minimum atomic E-state index is -0.404. The number of rotatable bonds is 14. The zero-order valence-corrected chi connectivity index (χ0v) is 13.1. The maximum absolute atomic E-state index is 10.2. The van der Waals surface area contributed by atoms with Gasteiger partial charge >= 0.3 is 0 Å². The van der Waals surface area contributed by atoms with E-state index in [0.29, 0.717) is 6.42 Å². The van der Waals surface area contributed by atoms with Gasteiger partial charge in [0.15, 0.2) is 0 Å². The number of aliphatic hydroxyl groups is 1. The molecule has 0 aromatic carbocycles. The number of carbonyl (C=O) groups is 1. The van der Waals surface area contributed by atoms with Crippen molar-refractivity contribution in [2.24, 2.45) is 5.92 Å². The SMILES string of the molecule is CC(C)CCCCCCCCCCCC(O)CC=O. The van der Waals surface area contributed by atoms with Crippen molar-refractivity contribution in [2.45, 2.75) is 97.0 Å². The van der Waals surface area contributed by atoms with Crippen LogP contribution in [0.2, 0.25) is 0 Å². The first kappa shape index (κ1) is 18.6. The zero-order chi connectivity index (χ0) is 14.3. The third-order valence-corrected chi connectivity index (χ3v) is 3.69. The summed E-state index contributed by atoms with van der Waals surface area (Å²) >= 11 is 0. The molecule has 1 N–H and O–H groups in total. The summed E-state index contributed by atoms with van der Waals surface area (Å²) in [5.74, 6) is 0.856. The summed E-state index contributed by atoms with van der Waals surface area (Å²) in [6.07, 6.45) is 14.7. The maximum atomic E-state index is 10.2. The first-order chi connectivity index (χ1) is 9.16. The molecule has 1 unspecified atom stereocenters. The van der Waals surface area contributed by atoms with Crippen molar-refractivity contribution >= 4 is 6.29 Å². The molecule has 0 aromatic heterocycles. The third kappa shape index (κ3) is 15.6. The fraction of sp³-hybridized carbons (Fsp3) is 0.941. The standard InChI is InChI=1S/C17H34O2/c1-16(2)12-10-8-6-4-3-5-7-9-11-13-17(19)14-15-18/h15-17,19H,3-14H2,1-2H3. The molecule has 2 heteroatoms. The molecule has 0 aliphatic rings. The fourth-order valence-electron chi connectivity index (χ4n) is 2.40. The van der Waals surface area contributed by atoms with Crippen LogP contribution in [0.1, 0.15) is 90.9 Å². The van der Waals surface area contributed by atoms with E-state index in [0.717, 1.165) is 25.0 Å². The van der Waals surface area contributed by atoms with Crippen molar-refractivity contribution in [2.75, 3.05) is 0 Å². The molecule has 0 aromatic rings. The lowest BCUT2D eigenvalue weighted by Gasteiger charge is -2.06. The predicted molar refractivity (Wildman–Crippen MR) is 82.3 cm³/mol. The largest absolute Gasteiger partial charge is 0.393 e. The van der Waals surface area contributed by atoms with E-state index in [9.17, 15) is 9.90 Å². The Morgan fingerprint density at radius 2 is 1.21 bits per heavy atom. The van der Waals surface area contributed by atoms with Gasteiger partial charge in [-0.1, -0.05) is 78.1 Å². The van der Waals surface area contributed by atoms with Gasteiger partial charge in [-0.05, 0) is 12.3 Å². The van der Waals surface area contributed by atoms with Gasteiger partial charge in [0.1, 0.15) is 6.29 Å². The Hall–Kier alpha value is -0.370. The van der Waals surface area contributed by atoms with Gasteiger partial charge in [-0.2, -0.15) is 0 Å². The molecular weight excluding hydrogens is 236 g/mol. The number of unbranched alkanes of at least 4 members (excludes halogenated alkanes) is 8. The van der Waals surface area contributed by atoms with Crippen molar-refractivity contribution in [1.29, 1.82) is 0 Å². The van der Waals surface area contributed by atoms with Crippen molar-refractivity contribution in [3.05, 3.63) is 0 Å². The highest BCUT2D eigenvalue weighted by Gasteiger charge is 2.02. The molecule has 0 heterocycles. The Kier molecular flexibility index (Phi) is 13.8. The smallest absolute Gasteiger partial charge is 0.122 e. The molecule has 2 nitrogen and oxygen atoms in total. The molecule has 0 bridgehead atoms. The molecule has 0 saturated heterocycles. The quantitative estimate of drug-likeness (QED) is 0.361. The molecule has 0 spiro atoms. The van der Waals surface area contributed by atoms with E-state index in [1.807, 2.05) is 0 Å². The van der Waals surface area contributed by atoms with Crippen LogP contribution in [0.3, 0.4) is 0 Å². The highest BCUT2D eigenvalue weighted by Crippen LogP contribution is 2.14. The highest BCUT2D eigenvalue weighted by molar-refractivity contribution is 5.49. The molecule has 0 radical (unpaired) electrons. The lowest BCUT2D eigenvalue weighted by atomic mass is 10.0. The summed E-state index contributed by atoms with van der Waals surface area (Å²) in [7, 11) is 0. The normalized spacial score (nSPS) is 12.8. The fourth-order valence-corrected chi connectivity index (χ4v) is 2.40. The van der Waals surface area contributed by atoms with Crippen LogP contribution in [-0.2, 0) is 4.79 Å². The first-order valence-electron chi connectivity index (χ1n) is 8.28. The lowest BCUT2D eigenvalue weighted by Crippen LogP contribution is -2.06. The second-order valence-electron chi connectivity index (χ2n) is 6.21. The molecule has 0 rings (SSSR count). The maximum Gasteiger partial charge on any atom is 0.122 e. The Bertz CT molecular complexity index is 190. The molecule has 0 saturated carbocycles. The summed E-state index contributed by atoms with van der Waals surface area (Å²) < 4.78 is 0. The van der Waals surface area contributed by atoms with Crippen LogP contribution in [0.15, 0.2) is 0 Å². The number of hydrogen-bond donors (Lipinski definition) is 1. The van der Waals surface area contributed by atoms with Crippen LogP contribution in [0.25, 0.3) is 0 Å². The van der Waals surface area contributed by atoms with Crippen LogP contribution in [0, 0.1) is 5.92 Å². The molecule has 0 aliphatic heterocycles. The zero-order valence-electron chi connectivity index (χ0n) is 13.1. The second-order valence-corrected chi connectivity index (χ2v) is 6.21.